The molecular weight excluding hydrogens is 348 g/mol. The quantitative estimate of drug-likeness (QED) is 0.583. The average Bonchev–Trinajstić information content (AvgIpc) is 3.36. The fraction of sp³-hybridized carbons (Fsp3) is 0.647. The summed E-state index contributed by atoms with van der Waals surface area (Å²) in [6.45, 7) is 6.57. The highest BCUT2D eigenvalue weighted by molar-refractivity contribution is 7.13. The van der Waals surface area contributed by atoms with E-state index in [0.717, 1.165) is 48.7 Å². The number of thiazole rings is 1. The smallest absolute Gasteiger partial charge is 0.194 e. The van der Waals surface area contributed by atoms with Crippen LogP contribution in [0.4, 0.5) is 5.13 Å². The van der Waals surface area contributed by atoms with E-state index < -0.39 is 0 Å². The summed E-state index contributed by atoms with van der Waals surface area (Å²) in [5.74, 6) is 1.79. The highest BCUT2D eigenvalue weighted by Crippen LogP contribution is 2.24. The number of nitrogens with one attached hydrogen (secondary N) is 1. The number of anilines is 1. The number of rotatable bonds is 7. The van der Waals surface area contributed by atoms with E-state index in [-0.39, 0.29) is 0 Å². The lowest BCUT2D eigenvalue weighted by Gasteiger charge is -2.21. The number of nitrogens with zero attached hydrogens (tertiary/aromatic N) is 7. The lowest BCUT2D eigenvalue weighted by molar-refractivity contribution is 0.448. The minimum absolute atomic E-state index is 0.665. The lowest BCUT2D eigenvalue weighted by atomic mass is 10.3. The van der Waals surface area contributed by atoms with Gasteiger partial charge in [-0.3, -0.25) is 9.67 Å². The molecule has 1 fully saturated rings. The van der Waals surface area contributed by atoms with Crippen molar-refractivity contribution in [3.8, 4) is 0 Å². The number of aromatic nitrogens is 4. The van der Waals surface area contributed by atoms with E-state index >= 15 is 0 Å². The topological polar surface area (TPSA) is 74.5 Å². The van der Waals surface area contributed by atoms with Gasteiger partial charge in [0.1, 0.15) is 12.2 Å². The molecule has 3 rings (SSSR count). The van der Waals surface area contributed by atoms with Crippen molar-refractivity contribution in [2.75, 3.05) is 38.1 Å². The Labute approximate surface area is 159 Å². The summed E-state index contributed by atoms with van der Waals surface area (Å²) >= 11 is 1.75. The van der Waals surface area contributed by atoms with Crippen LogP contribution in [0.5, 0.6) is 0 Å². The molecule has 0 atom stereocenters. The van der Waals surface area contributed by atoms with Crippen LogP contribution in [-0.4, -0.2) is 63.8 Å². The summed E-state index contributed by atoms with van der Waals surface area (Å²) in [5, 5.41) is 10.8. The Balaban J connectivity index is 1.56. The molecule has 0 spiro atoms. The van der Waals surface area contributed by atoms with E-state index in [2.05, 4.69) is 37.5 Å². The van der Waals surface area contributed by atoms with Gasteiger partial charge in [-0.2, -0.15) is 5.10 Å². The molecule has 2 aromatic rings. The SMILES string of the molecule is CCNC(=NCCc1csc(N2CCCC2)n1)N(C)Cc1ncnn1C. The molecule has 1 saturated heterocycles. The zero-order valence-corrected chi connectivity index (χ0v) is 16.7. The zero-order valence-electron chi connectivity index (χ0n) is 15.9. The monoisotopic (exact) mass is 376 g/mol. The first-order chi connectivity index (χ1) is 12.7. The van der Waals surface area contributed by atoms with Crippen LogP contribution < -0.4 is 10.2 Å². The van der Waals surface area contributed by atoms with Crippen molar-refractivity contribution in [1.29, 1.82) is 0 Å². The van der Waals surface area contributed by atoms with Gasteiger partial charge >= 0.3 is 0 Å². The maximum absolute atomic E-state index is 4.77. The largest absolute Gasteiger partial charge is 0.357 e. The van der Waals surface area contributed by atoms with E-state index in [9.17, 15) is 0 Å². The van der Waals surface area contributed by atoms with Crippen molar-refractivity contribution in [3.05, 3.63) is 23.2 Å². The van der Waals surface area contributed by atoms with Gasteiger partial charge in [0.25, 0.3) is 0 Å². The highest BCUT2D eigenvalue weighted by Gasteiger charge is 2.15. The van der Waals surface area contributed by atoms with Crippen molar-refractivity contribution in [3.63, 3.8) is 0 Å². The first-order valence-electron chi connectivity index (χ1n) is 9.19. The summed E-state index contributed by atoms with van der Waals surface area (Å²) < 4.78 is 1.79. The molecule has 0 radical (unpaired) electrons. The van der Waals surface area contributed by atoms with Crippen LogP contribution in [0, 0.1) is 0 Å². The zero-order chi connectivity index (χ0) is 18.4. The van der Waals surface area contributed by atoms with Gasteiger partial charge in [-0.15, -0.1) is 11.3 Å². The van der Waals surface area contributed by atoms with Crippen LogP contribution in [0.1, 0.15) is 31.3 Å². The highest BCUT2D eigenvalue weighted by atomic mass is 32.1. The van der Waals surface area contributed by atoms with Crippen LogP contribution in [0.2, 0.25) is 0 Å². The number of hydrogen-bond acceptors (Lipinski definition) is 6. The van der Waals surface area contributed by atoms with Gasteiger partial charge in [-0.05, 0) is 19.8 Å². The predicted molar refractivity (Wildman–Crippen MR) is 106 cm³/mol. The summed E-state index contributed by atoms with van der Waals surface area (Å²) in [5.41, 5.74) is 1.13. The fourth-order valence-electron chi connectivity index (χ4n) is 2.96. The number of aryl methyl sites for hydroxylation is 1. The van der Waals surface area contributed by atoms with E-state index in [1.54, 1.807) is 22.3 Å². The van der Waals surface area contributed by atoms with Crippen molar-refractivity contribution in [1.82, 2.24) is 30.0 Å². The predicted octanol–water partition coefficient (Wildman–Crippen LogP) is 1.51. The van der Waals surface area contributed by atoms with Crippen molar-refractivity contribution in [2.24, 2.45) is 12.0 Å². The molecule has 0 saturated carbocycles. The van der Waals surface area contributed by atoms with Crippen molar-refractivity contribution >= 4 is 22.4 Å². The Morgan fingerprint density at radius 1 is 1.38 bits per heavy atom. The second-order valence-electron chi connectivity index (χ2n) is 6.46. The molecule has 1 N–H and O–H groups in total. The van der Waals surface area contributed by atoms with Gasteiger partial charge in [0.05, 0.1) is 12.2 Å². The number of hydrogen-bond donors (Lipinski definition) is 1. The molecular formula is C17H28N8S. The molecule has 0 unspecified atom stereocenters. The van der Waals surface area contributed by atoms with Gasteiger partial charge in [-0.25, -0.2) is 9.97 Å². The molecule has 8 nitrogen and oxygen atoms in total. The molecule has 2 aromatic heterocycles. The maximum atomic E-state index is 4.77. The fourth-order valence-corrected chi connectivity index (χ4v) is 3.87. The molecule has 142 valence electrons. The summed E-state index contributed by atoms with van der Waals surface area (Å²) in [6.07, 6.45) is 5.00. The van der Waals surface area contributed by atoms with Crippen LogP contribution in [0.25, 0.3) is 0 Å². The van der Waals surface area contributed by atoms with Crippen molar-refractivity contribution < 1.29 is 0 Å². The van der Waals surface area contributed by atoms with Crippen LogP contribution >= 0.6 is 11.3 Å². The molecule has 0 bridgehead atoms. The van der Waals surface area contributed by atoms with Crippen LogP contribution in [0.15, 0.2) is 16.7 Å². The normalized spacial score (nSPS) is 14.9. The van der Waals surface area contributed by atoms with E-state index in [1.165, 1.54) is 12.8 Å². The maximum Gasteiger partial charge on any atom is 0.194 e. The Hall–Kier alpha value is -2.16. The van der Waals surface area contributed by atoms with Gasteiger partial charge in [0.2, 0.25) is 0 Å². The van der Waals surface area contributed by atoms with E-state index in [1.807, 2.05) is 14.1 Å². The number of aliphatic imine (C=N–C) groups is 1. The minimum Gasteiger partial charge on any atom is -0.357 e. The third kappa shape index (κ3) is 4.72. The van der Waals surface area contributed by atoms with Crippen LogP contribution in [-0.2, 0) is 20.0 Å². The Morgan fingerprint density at radius 3 is 2.88 bits per heavy atom. The van der Waals surface area contributed by atoms with E-state index in [4.69, 9.17) is 9.98 Å². The molecule has 1 aliphatic heterocycles. The molecule has 0 aromatic carbocycles. The molecule has 9 heteroatoms. The molecule has 26 heavy (non-hydrogen) atoms. The first-order valence-corrected chi connectivity index (χ1v) is 10.1. The molecule has 3 heterocycles. The second kappa shape index (κ2) is 8.98. The van der Waals surface area contributed by atoms with Gasteiger partial charge in [0, 0.05) is 52.1 Å². The summed E-state index contributed by atoms with van der Waals surface area (Å²) in [4.78, 5) is 18.3. The lowest BCUT2D eigenvalue weighted by Crippen LogP contribution is -2.39. The second-order valence-corrected chi connectivity index (χ2v) is 7.29. The molecule has 0 aliphatic carbocycles. The summed E-state index contributed by atoms with van der Waals surface area (Å²) in [7, 11) is 3.92. The molecule has 1 aliphatic rings. The Bertz CT molecular complexity index is 716. The first kappa shape index (κ1) is 18.6. The van der Waals surface area contributed by atoms with Gasteiger partial charge in [-0.1, -0.05) is 0 Å². The molecule has 0 amide bonds. The van der Waals surface area contributed by atoms with Gasteiger partial charge in [0.15, 0.2) is 11.1 Å². The minimum atomic E-state index is 0.665. The third-order valence-electron chi connectivity index (χ3n) is 4.43. The number of guanidine groups is 1. The average molecular weight is 377 g/mol. The van der Waals surface area contributed by atoms with E-state index in [0.29, 0.717) is 13.1 Å². The van der Waals surface area contributed by atoms with Crippen molar-refractivity contribution in [2.45, 2.75) is 32.7 Å². The Kier molecular flexibility index (Phi) is 6.43. The third-order valence-corrected chi connectivity index (χ3v) is 5.38. The van der Waals surface area contributed by atoms with Crippen LogP contribution in [0.3, 0.4) is 0 Å². The Morgan fingerprint density at radius 2 is 2.19 bits per heavy atom. The van der Waals surface area contributed by atoms with Gasteiger partial charge < -0.3 is 15.1 Å². The summed E-state index contributed by atoms with van der Waals surface area (Å²) in [6, 6.07) is 0. The standard InChI is InChI=1S/C17H28N8S/c1-4-18-16(23(2)11-15-20-13-21-24(15)3)19-8-7-14-12-26-17(22-14)25-9-5-6-10-25/h12-13H,4-11H2,1-3H3,(H,18,19).